The summed E-state index contributed by atoms with van der Waals surface area (Å²) in [7, 11) is 1.40. The predicted octanol–water partition coefficient (Wildman–Crippen LogP) is 2.70. The second-order valence-electron chi connectivity index (χ2n) is 5.82. The molecule has 4 heteroatoms. The minimum atomic E-state index is -0.627. The quantitative estimate of drug-likeness (QED) is 0.519. The summed E-state index contributed by atoms with van der Waals surface area (Å²) in [5.74, 6) is -0.414. The van der Waals surface area contributed by atoms with Crippen LogP contribution in [-0.4, -0.2) is 25.7 Å². The third-order valence-electron chi connectivity index (χ3n) is 3.54. The Bertz CT molecular complexity index is 316. The van der Waals surface area contributed by atoms with Crippen LogP contribution in [0.25, 0.3) is 0 Å². The maximum Gasteiger partial charge on any atom is 0.311 e. The van der Waals surface area contributed by atoms with Gasteiger partial charge >= 0.3 is 11.9 Å². The Morgan fingerprint density at radius 1 is 1.28 bits per heavy atom. The average molecular weight is 256 g/mol. The van der Waals surface area contributed by atoms with Crippen molar-refractivity contribution in [2.24, 2.45) is 10.8 Å². The second-order valence-corrected chi connectivity index (χ2v) is 5.82. The van der Waals surface area contributed by atoms with Crippen LogP contribution in [0.2, 0.25) is 0 Å². The summed E-state index contributed by atoms with van der Waals surface area (Å²) in [5.41, 5.74) is -1.07. The summed E-state index contributed by atoms with van der Waals surface area (Å²) < 4.78 is 10.1. The van der Waals surface area contributed by atoms with Crippen LogP contribution in [0.3, 0.4) is 0 Å². The van der Waals surface area contributed by atoms with E-state index in [4.69, 9.17) is 9.47 Å². The van der Waals surface area contributed by atoms with E-state index in [-0.39, 0.29) is 11.9 Å². The average Bonchev–Trinajstić information content (AvgIpc) is 3.08. The van der Waals surface area contributed by atoms with Crippen molar-refractivity contribution < 1.29 is 19.1 Å². The van der Waals surface area contributed by atoms with Crippen molar-refractivity contribution in [3.05, 3.63) is 0 Å². The SMILES string of the molecule is CCCCOC(=O)C(C)(C)CC1(C(=O)OC)CC1. The Morgan fingerprint density at radius 3 is 2.33 bits per heavy atom. The summed E-state index contributed by atoms with van der Waals surface area (Å²) in [4.78, 5) is 23.7. The lowest BCUT2D eigenvalue weighted by Crippen LogP contribution is -2.33. The molecular formula is C14H24O4. The number of rotatable bonds is 7. The van der Waals surface area contributed by atoms with Gasteiger partial charge in [-0.1, -0.05) is 13.3 Å². The standard InChI is InChI=1S/C14H24O4/c1-5-6-9-18-11(15)13(2,3)10-14(7-8-14)12(16)17-4/h5-10H2,1-4H3. The fourth-order valence-electron chi connectivity index (χ4n) is 2.24. The molecule has 0 amide bonds. The van der Waals surface area contributed by atoms with Gasteiger partial charge in [-0.05, 0) is 39.5 Å². The van der Waals surface area contributed by atoms with Gasteiger partial charge in [0, 0.05) is 0 Å². The van der Waals surface area contributed by atoms with Crippen molar-refractivity contribution >= 4 is 11.9 Å². The molecule has 1 aliphatic rings. The Kier molecular flexibility index (Phi) is 4.77. The van der Waals surface area contributed by atoms with Crippen LogP contribution in [0.5, 0.6) is 0 Å². The van der Waals surface area contributed by atoms with Crippen molar-refractivity contribution in [3.63, 3.8) is 0 Å². The van der Waals surface area contributed by atoms with Gasteiger partial charge in [-0.2, -0.15) is 0 Å². The minimum Gasteiger partial charge on any atom is -0.469 e. The highest BCUT2D eigenvalue weighted by molar-refractivity contribution is 5.82. The number of carbonyl (C=O) groups excluding carboxylic acids is 2. The molecule has 1 fully saturated rings. The summed E-state index contributed by atoms with van der Waals surface area (Å²) >= 11 is 0. The fraction of sp³-hybridized carbons (Fsp3) is 0.857. The first-order valence-corrected chi connectivity index (χ1v) is 6.63. The van der Waals surface area contributed by atoms with Crippen LogP contribution in [0, 0.1) is 10.8 Å². The number of carbonyl (C=O) groups is 2. The van der Waals surface area contributed by atoms with Crippen LogP contribution in [-0.2, 0) is 19.1 Å². The topological polar surface area (TPSA) is 52.6 Å². The van der Waals surface area contributed by atoms with Crippen LogP contribution >= 0.6 is 0 Å². The van der Waals surface area contributed by atoms with E-state index < -0.39 is 10.8 Å². The molecule has 4 nitrogen and oxygen atoms in total. The normalized spacial score (nSPS) is 17.1. The molecule has 104 valence electrons. The van der Waals surface area contributed by atoms with E-state index in [0.29, 0.717) is 13.0 Å². The van der Waals surface area contributed by atoms with Crippen LogP contribution in [0.15, 0.2) is 0 Å². The molecule has 0 unspecified atom stereocenters. The van der Waals surface area contributed by atoms with Crippen LogP contribution < -0.4 is 0 Å². The first-order chi connectivity index (χ1) is 8.38. The van der Waals surface area contributed by atoms with E-state index >= 15 is 0 Å². The number of methoxy groups -OCH3 is 1. The molecule has 0 radical (unpaired) electrons. The van der Waals surface area contributed by atoms with E-state index in [0.717, 1.165) is 25.7 Å². The fourth-order valence-corrected chi connectivity index (χ4v) is 2.24. The van der Waals surface area contributed by atoms with E-state index in [9.17, 15) is 9.59 Å². The van der Waals surface area contributed by atoms with E-state index in [1.165, 1.54) is 7.11 Å². The second kappa shape index (κ2) is 5.72. The highest BCUT2D eigenvalue weighted by Gasteiger charge is 2.55. The van der Waals surface area contributed by atoms with Gasteiger partial charge in [0.05, 0.1) is 24.5 Å². The summed E-state index contributed by atoms with van der Waals surface area (Å²) in [6.07, 6.45) is 4.01. The Hall–Kier alpha value is -1.06. The molecule has 0 aromatic rings. The molecule has 1 saturated carbocycles. The number of ether oxygens (including phenoxy) is 2. The van der Waals surface area contributed by atoms with Crippen LogP contribution in [0.4, 0.5) is 0 Å². The largest absolute Gasteiger partial charge is 0.469 e. The molecule has 18 heavy (non-hydrogen) atoms. The molecule has 0 heterocycles. The summed E-state index contributed by atoms with van der Waals surface area (Å²) in [6.45, 7) is 6.19. The van der Waals surface area contributed by atoms with Gasteiger partial charge < -0.3 is 9.47 Å². The monoisotopic (exact) mass is 256 g/mol. The van der Waals surface area contributed by atoms with Crippen LogP contribution in [0.1, 0.15) is 52.9 Å². The third-order valence-corrected chi connectivity index (χ3v) is 3.54. The van der Waals surface area contributed by atoms with Gasteiger partial charge in [0.15, 0.2) is 0 Å². The van der Waals surface area contributed by atoms with Crippen molar-refractivity contribution in [2.45, 2.75) is 52.9 Å². The van der Waals surface area contributed by atoms with Crippen molar-refractivity contribution in [1.29, 1.82) is 0 Å². The van der Waals surface area contributed by atoms with Gasteiger partial charge in [-0.3, -0.25) is 9.59 Å². The summed E-state index contributed by atoms with van der Waals surface area (Å²) in [5, 5.41) is 0. The number of esters is 2. The number of hydrogen-bond donors (Lipinski definition) is 0. The number of unbranched alkanes of at least 4 members (excludes halogenated alkanes) is 1. The molecule has 0 aromatic heterocycles. The highest BCUT2D eigenvalue weighted by atomic mass is 16.5. The van der Waals surface area contributed by atoms with Gasteiger partial charge in [-0.15, -0.1) is 0 Å². The zero-order valence-electron chi connectivity index (χ0n) is 11.9. The van der Waals surface area contributed by atoms with Gasteiger partial charge in [0.1, 0.15) is 0 Å². The number of hydrogen-bond acceptors (Lipinski definition) is 4. The molecule has 1 aliphatic carbocycles. The minimum absolute atomic E-state index is 0.197. The molecule has 0 N–H and O–H groups in total. The maximum atomic E-state index is 12.0. The highest BCUT2D eigenvalue weighted by Crippen LogP contribution is 2.54. The van der Waals surface area contributed by atoms with Gasteiger partial charge in [-0.25, -0.2) is 0 Å². The molecule has 0 atom stereocenters. The molecule has 0 spiro atoms. The zero-order valence-corrected chi connectivity index (χ0v) is 11.9. The Labute approximate surface area is 109 Å². The van der Waals surface area contributed by atoms with E-state index in [1.807, 2.05) is 13.8 Å². The third kappa shape index (κ3) is 3.47. The molecular weight excluding hydrogens is 232 g/mol. The van der Waals surface area contributed by atoms with Crippen molar-refractivity contribution in [3.8, 4) is 0 Å². The first kappa shape index (κ1) is 15.0. The predicted molar refractivity (Wildman–Crippen MR) is 67.9 cm³/mol. The lowest BCUT2D eigenvalue weighted by molar-refractivity contribution is -0.158. The van der Waals surface area contributed by atoms with E-state index in [1.54, 1.807) is 0 Å². The van der Waals surface area contributed by atoms with Gasteiger partial charge in [0.25, 0.3) is 0 Å². The van der Waals surface area contributed by atoms with Crippen molar-refractivity contribution in [2.75, 3.05) is 13.7 Å². The van der Waals surface area contributed by atoms with Crippen molar-refractivity contribution in [1.82, 2.24) is 0 Å². The molecule has 0 bridgehead atoms. The zero-order chi connectivity index (χ0) is 13.8. The van der Waals surface area contributed by atoms with Gasteiger partial charge in [0.2, 0.25) is 0 Å². The lowest BCUT2D eigenvalue weighted by atomic mass is 9.81. The summed E-state index contributed by atoms with van der Waals surface area (Å²) in [6, 6.07) is 0. The molecule has 1 rings (SSSR count). The Balaban J connectivity index is 2.53. The maximum absolute atomic E-state index is 12.0. The molecule has 0 aromatic carbocycles. The first-order valence-electron chi connectivity index (χ1n) is 6.63. The molecule has 0 aliphatic heterocycles. The lowest BCUT2D eigenvalue weighted by Gasteiger charge is -2.26. The smallest absolute Gasteiger partial charge is 0.311 e. The van der Waals surface area contributed by atoms with E-state index in [2.05, 4.69) is 6.92 Å². The Morgan fingerprint density at radius 2 is 1.89 bits per heavy atom. The molecule has 0 saturated heterocycles.